The molecule has 100 valence electrons. The first kappa shape index (κ1) is 13.1. The van der Waals surface area contributed by atoms with E-state index in [1.54, 1.807) is 6.20 Å². The van der Waals surface area contributed by atoms with E-state index >= 15 is 0 Å². The molecule has 3 heteroatoms. The first-order valence-corrected chi connectivity index (χ1v) is 7.40. The highest BCUT2D eigenvalue weighted by Gasteiger charge is 2.10. The van der Waals surface area contributed by atoms with E-state index in [0.717, 1.165) is 10.3 Å². The van der Waals surface area contributed by atoms with Gasteiger partial charge in [-0.15, -0.1) is 0 Å². The van der Waals surface area contributed by atoms with Gasteiger partial charge < -0.3 is 5.32 Å². The maximum atomic E-state index is 4.24. The van der Waals surface area contributed by atoms with Crippen molar-refractivity contribution in [2.45, 2.75) is 13.0 Å². The van der Waals surface area contributed by atoms with Crippen LogP contribution in [0.3, 0.4) is 0 Å². The second-order valence-electron chi connectivity index (χ2n) is 4.78. The van der Waals surface area contributed by atoms with Gasteiger partial charge in [0, 0.05) is 12.2 Å². The van der Waals surface area contributed by atoms with Gasteiger partial charge in [0.15, 0.2) is 0 Å². The predicted molar refractivity (Wildman–Crippen MR) is 87.9 cm³/mol. The summed E-state index contributed by atoms with van der Waals surface area (Å²) >= 11 is 3.47. The molecule has 0 fully saturated rings. The zero-order chi connectivity index (χ0) is 13.9. The van der Waals surface area contributed by atoms with Crippen LogP contribution in [0.4, 0.5) is 5.69 Å². The molecule has 1 unspecified atom stereocenters. The van der Waals surface area contributed by atoms with Crippen LogP contribution < -0.4 is 5.32 Å². The normalized spacial score (nSPS) is 12.3. The molecule has 1 aromatic heterocycles. The summed E-state index contributed by atoms with van der Waals surface area (Å²) in [6.45, 7) is 2.17. The molecule has 1 atom stereocenters. The molecule has 0 spiro atoms. The van der Waals surface area contributed by atoms with Crippen LogP contribution in [-0.2, 0) is 0 Å². The fraction of sp³-hybridized carbons (Fsp3) is 0.118. The molecule has 0 aliphatic heterocycles. The van der Waals surface area contributed by atoms with Gasteiger partial charge >= 0.3 is 0 Å². The van der Waals surface area contributed by atoms with Gasteiger partial charge in [-0.3, -0.25) is 0 Å². The lowest BCUT2D eigenvalue weighted by atomic mass is 9.99. The van der Waals surface area contributed by atoms with Crippen LogP contribution in [0.25, 0.3) is 10.8 Å². The van der Waals surface area contributed by atoms with E-state index in [4.69, 9.17) is 0 Å². The molecule has 0 saturated heterocycles. The molecule has 0 saturated carbocycles. The molecule has 2 nitrogen and oxygen atoms in total. The zero-order valence-corrected chi connectivity index (χ0v) is 12.8. The number of halogens is 1. The van der Waals surface area contributed by atoms with Crippen molar-refractivity contribution < 1.29 is 0 Å². The second-order valence-corrected chi connectivity index (χ2v) is 5.53. The van der Waals surface area contributed by atoms with Gasteiger partial charge in [-0.2, -0.15) is 0 Å². The SMILES string of the molecule is CC(Nc1cccnc1Br)c1cccc2ccccc12. The van der Waals surface area contributed by atoms with Crippen molar-refractivity contribution in [2.24, 2.45) is 0 Å². The molecule has 1 N–H and O–H groups in total. The van der Waals surface area contributed by atoms with E-state index in [2.05, 4.69) is 75.6 Å². The smallest absolute Gasteiger partial charge is 0.129 e. The van der Waals surface area contributed by atoms with Crippen molar-refractivity contribution in [3.05, 3.63) is 71.0 Å². The van der Waals surface area contributed by atoms with Gasteiger partial charge in [-0.05, 0) is 51.3 Å². The Morgan fingerprint density at radius 2 is 1.80 bits per heavy atom. The third-order valence-electron chi connectivity index (χ3n) is 3.42. The summed E-state index contributed by atoms with van der Waals surface area (Å²) in [4.78, 5) is 4.24. The third kappa shape index (κ3) is 2.54. The summed E-state index contributed by atoms with van der Waals surface area (Å²) in [7, 11) is 0. The first-order valence-electron chi connectivity index (χ1n) is 6.60. The number of hydrogen-bond donors (Lipinski definition) is 1. The number of fused-ring (bicyclic) bond motifs is 1. The predicted octanol–water partition coefficient (Wildman–Crippen LogP) is 5.17. The van der Waals surface area contributed by atoms with Gasteiger partial charge in [0.05, 0.1) is 5.69 Å². The Morgan fingerprint density at radius 1 is 1.00 bits per heavy atom. The van der Waals surface area contributed by atoms with E-state index in [-0.39, 0.29) is 6.04 Å². The Hall–Kier alpha value is -1.87. The zero-order valence-electron chi connectivity index (χ0n) is 11.2. The lowest BCUT2D eigenvalue weighted by Crippen LogP contribution is -2.07. The molecule has 3 rings (SSSR count). The van der Waals surface area contributed by atoms with Crippen molar-refractivity contribution in [1.82, 2.24) is 4.98 Å². The molecule has 2 aromatic carbocycles. The Balaban J connectivity index is 1.97. The van der Waals surface area contributed by atoms with Crippen LogP contribution >= 0.6 is 15.9 Å². The lowest BCUT2D eigenvalue weighted by molar-refractivity contribution is 0.890. The number of anilines is 1. The average Bonchev–Trinajstić information content (AvgIpc) is 2.49. The Labute approximate surface area is 127 Å². The summed E-state index contributed by atoms with van der Waals surface area (Å²) in [5.74, 6) is 0. The molecule has 1 heterocycles. The fourth-order valence-corrected chi connectivity index (χ4v) is 2.80. The molecular weight excluding hydrogens is 312 g/mol. The number of nitrogens with one attached hydrogen (secondary N) is 1. The van der Waals surface area contributed by atoms with Crippen molar-refractivity contribution in [3.63, 3.8) is 0 Å². The van der Waals surface area contributed by atoms with Gasteiger partial charge in [-0.25, -0.2) is 4.98 Å². The number of pyridine rings is 1. The van der Waals surface area contributed by atoms with Crippen molar-refractivity contribution >= 4 is 32.4 Å². The number of rotatable bonds is 3. The van der Waals surface area contributed by atoms with E-state index in [1.807, 2.05) is 12.1 Å². The molecule has 0 radical (unpaired) electrons. The van der Waals surface area contributed by atoms with Gasteiger partial charge in [0.2, 0.25) is 0 Å². The van der Waals surface area contributed by atoms with E-state index in [9.17, 15) is 0 Å². The summed E-state index contributed by atoms with van der Waals surface area (Å²) in [6, 6.07) is 19.1. The van der Waals surface area contributed by atoms with Crippen molar-refractivity contribution in [2.75, 3.05) is 5.32 Å². The van der Waals surface area contributed by atoms with Crippen LogP contribution in [-0.4, -0.2) is 4.98 Å². The minimum Gasteiger partial charge on any atom is -0.376 e. The fourth-order valence-electron chi connectivity index (χ4n) is 2.43. The number of aromatic nitrogens is 1. The topological polar surface area (TPSA) is 24.9 Å². The molecular formula is C17H15BrN2. The van der Waals surface area contributed by atoms with Crippen LogP contribution in [0, 0.1) is 0 Å². The van der Waals surface area contributed by atoms with E-state index in [0.29, 0.717) is 0 Å². The Kier molecular flexibility index (Phi) is 3.70. The Bertz CT molecular complexity index is 734. The van der Waals surface area contributed by atoms with E-state index in [1.165, 1.54) is 16.3 Å². The standard InChI is InChI=1S/C17H15BrN2/c1-12(20-16-10-5-11-19-17(16)18)14-9-4-7-13-6-2-3-8-15(13)14/h2-12,20H,1H3. The van der Waals surface area contributed by atoms with Crippen LogP contribution in [0.2, 0.25) is 0 Å². The molecule has 0 bridgehead atoms. The molecule has 0 amide bonds. The van der Waals surface area contributed by atoms with Crippen molar-refractivity contribution in [3.8, 4) is 0 Å². The monoisotopic (exact) mass is 326 g/mol. The number of hydrogen-bond acceptors (Lipinski definition) is 2. The Morgan fingerprint density at radius 3 is 2.65 bits per heavy atom. The highest BCUT2D eigenvalue weighted by atomic mass is 79.9. The second kappa shape index (κ2) is 5.63. The summed E-state index contributed by atoms with van der Waals surface area (Å²) in [6.07, 6.45) is 1.78. The largest absolute Gasteiger partial charge is 0.376 e. The summed E-state index contributed by atoms with van der Waals surface area (Å²) in [5, 5.41) is 6.06. The summed E-state index contributed by atoms with van der Waals surface area (Å²) < 4.78 is 0.840. The first-order chi connectivity index (χ1) is 9.75. The molecule has 20 heavy (non-hydrogen) atoms. The van der Waals surface area contributed by atoms with Gasteiger partial charge in [-0.1, -0.05) is 42.5 Å². The number of nitrogens with zero attached hydrogens (tertiary/aromatic N) is 1. The molecule has 3 aromatic rings. The average molecular weight is 327 g/mol. The van der Waals surface area contributed by atoms with Gasteiger partial charge in [0.1, 0.15) is 4.60 Å². The minimum absolute atomic E-state index is 0.210. The summed E-state index contributed by atoms with van der Waals surface area (Å²) in [5.41, 5.74) is 2.30. The van der Waals surface area contributed by atoms with Crippen molar-refractivity contribution in [1.29, 1.82) is 0 Å². The molecule has 0 aliphatic carbocycles. The van der Waals surface area contributed by atoms with E-state index < -0.39 is 0 Å². The quantitative estimate of drug-likeness (QED) is 0.671. The number of benzene rings is 2. The maximum Gasteiger partial charge on any atom is 0.129 e. The maximum absolute atomic E-state index is 4.24. The third-order valence-corrected chi connectivity index (χ3v) is 4.05. The highest BCUT2D eigenvalue weighted by molar-refractivity contribution is 9.10. The van der Waals surface area contributed by atoms with Crippen LogP contribution in [0.15, 0.2) is 65.4 Å². The van der Waals surface area contributed by atoms with Crippen LogP contribution in [0.1, 0.15) is 18.5 Å². The lowest BCUT2D eigenvalue weighted by Gasteiger charge is -2.18. The highest BCUT2D eigenvalue weighted by Crippen LogP contribution is 2.28. The van der Waals surface area contributed by atoms with Crippen LogP contribution in [0.5, 0.6) is 0 Å². The minimum atomic E-state index is 0.210. The van der Waals surface area contributed by atoms with Gasteiger partial charge in [0.25, 0.3) is 0 Å². The molecule has 0 aliphatic rings.